The molecular weight excluding hydrogens is 473 g/mol. The number of alkyl carbamates (subject to hydrolysis) is 1. The molecule has 0 spiro atoms. The van der Waals surface area contributed by atoms with Gasteiger partial charge in [-0.3, -0.25) is 4.79 Å². The average Bonchev–Trinajstić information content (AvgIpc) is 3.40. The number of rotatable bonds is 6. The van der Waals surface area contributed by atoms with Crippen molar-refractivity contribution >= 4 is 29.7 Å². The number of ether oxygens (including phenoxy) is 1. The van der Waals surface area contributed by atoms with Gasteiger partial charge in [-0.1, -0.05) is 48.5 Å². The van der Waals surface area contributed by atoms with Crippen LogP contribution in [0.25, 0.3) is 11.1 Å². The van der Waals surface area contributed by atoms with E-state index in [9.17, 15) is 27.6 Å². The van der Waals surface area contributed by atoms with E-state index in [1.165, 1.54) is 0 Å². The summed E-state index contributed by atoms with van der Waals surface area (Å²) >= 11 is 1.14. The first-order chi connectivity index (χ1) is 16.2. The molecule has 1 fully saturated rings. The van der Waals surface area contributed by atoms with Crippen molar-refractivity contribution in [2.45, 2.75) is 30.6 Å². The number of alkyl halides is 3. The highest BCUT2D eigenvalue weighted by Crippen LogP contribution is 2.44. The second-order valence-electron chi connectivity index (χ2n) is 7.99. The normalized spacial score (nSPS) is 18.2. The third-order valence-electron chi connectivity index (χ3n) is 5.90. The number of nitrogens with one attached hydrogen (secondary N) is 1. The second-order valence-corrected chi connectivity index (χ2v) is 8.99. The first kappa shape index (κ1) is 23.9. The van der Waals surface area contributed by atoms with Gasteiger partial charge in [0.05, 0.1) is 12.3 Å². The van der Waals surface area contributed by atoms with Gasteiger partial charge in [0, 0.05) is 11.7 Å². The zero-order valence-corrected chi connectivity index (χ0v) is 18.6. The first-order valence-corrected chi connectivity index (χ1v) is 11.6. The highest BCUT2D eigenvalue weighted by atomic mass is 32.2. The Kier molecular flexibility index (Phi) is 6.74. The summed E-state index contributed by atoms with van der Waals surface area (Å²) in [5, 5.41) is 10.9. The van der Waals surface area contributed by atoms with Crippen molar-refractivity contribution in [3.05, 3.63) is 59.7 Å². The van der Waals surface area contributed by atoms with E-state index in [4.69, 9.17) is 9.84 Å². The van der Waals surface area contributed by atoms with Crippen LogP contribution in [0.1, 0.15) is 23.5 Å². The number of thioether (sulfide) groups is 1. The Morgan fingerprint density at radius 2 is 1.68 bits per heavy atom. The molecule has 11 heteroatoms. The lowest BCUT2D eigenvalue weighted by atomic mass is 9.98. The van der Waals surface area contributed by atoms with Crippen molar-refractivity contribution in [3.8, 4) is 11.1 Å². The molecule has 2 aliphatic rings. The molecule has 34 heavy (non-hydrogen) atoms. The fourth-order valence-electron chi connectivity index (χ4n) is 4.22. The Bertz CT molecular complexity index is 1060. The van der Waals surface area contributed by atoms with Crippen LogP contribution in [0, 0.1) is 0 Å². The Hall–Kier alpha value is -3.21. The number of nitrogens with zero attached hydrogens (tertiary/aromatic N) is 1. The predicted octanol–water partition coefficient (Wildman–Crippen LogP) is 3.83. The maximum Gasteiger partial charge on any atom is 0.409 e. The topological polar surface area (TPSA) is 95.9 Å². The Morgan fingerprint density at radius 3 is 2.24 bits per heavy atom. The molecule has 0 saturated carbocycles. The monoisotopic (exact) mass is 494 g/mol. The Balaban J connectivity index is 1.41. The third-order valence-corrected chi connectivity index (χ3v) is 6.91. The van der Waals surface area contributed by atoms with Gasteiger partial charge in [0.15, 0.2) is 0 Å². The van der Waals surface area contributed by atoms with Gasteiger partial charge in [-0.15, -0.1) is 11.8 Å². The van der Waals surface area contributed by atoms with Gasteiger partial charge in [0.1, 0.15) is 18.7 Å². The SMILES string of the molecule is O=C(NC(CC(=O)N1CSC[C@H]1C(=O)O)C(F)(F)F)OCC1c2ccccc2-c2ccccc21. The van der Waals surface area contributed by atoms with Crippen LogP contribution in [0.4, 0.5) is 18.0 Å². The number of halogens is 3. The number of amides is 2. The zero-order chi connectivity index (χ0) is 24.5. The summed E-state index contributed by atoms with van der Waals surface area (Å²) in [6, 6.07) is 11.4. The van der Waals surface area contributed by atoms with Crippen LogP contribution in [0.2, 0.25) is 0 Å². The Morgan fingerprint density at radius 1 is 1.09 bits per heavy atom. The number of fused-ring (bicyclic) bond motifs is 3. The maximum absolute atomic E-state index is 13.6. The number of carbonyl (C=O) groups excluding carboxylic acids is 2. The van der Waals surface area contributed by atoms with E-state index in [0.717, 1.165) is 38.9 Å². The lowest BCUT2D eigenvalue weighted by Gasteiger charge is -2.25. The highest BCUT2D eigenvalue weighted by Gasteiger charge is 2.45. The molecule has 1 saturated heterocycles. The van der Waals surface area contributed by atoms with E-state index in [2.05, 4.69) is 0 Å². The lowest BCUT2D eigenvalue weighted by molar-refractivity contribution is -0.164. The van der Waals surface area contributed by atoms with Crippen LogP contribution in [-0.4, -0.2) is 64.5 Å². The molecule has 1 heterocycles. The van der Waals surface area contributed by atoms with Crippen LogP contribution in [-0.2, 0) is 14.3 Å². The minimum Gasteiger partial charge on any atom is -0.480 e. The first-order valence-electron chi connectivity index (χ1n) is 10.4. The van der Waals surface area contributed by atoms with Gasteiger partial charge < -0.3 is 20.1 Å². The van der Waals surface area contributed by atoms with E-state index in [1.807, 2.05) is 48.5 Å². The lowest BCUT2D eigenvalue weighted by Crippen LogP contribution is -2.50. The molecule has 0 aromatic heterocycles. The molecule has 0 radical (unpaired) electrons. The van der Waals surface area contributed by atoms with E-state index in [-0.39, 0.29) is 24.2 Å². The summed E-state index contributed by atoms with van der Waals surface area (Å²) in [6.07, 6.45) is -7.34. The van der Waals surface area contributed by atoms with Gasteiger partial charge in [-0.25, -0.2) is 9.59 Å². The van der Waals surface area contributed by atoms with E-state index < -0.39 is 42.7 Å². The molecule has 180 valence electrons. The quantitative estimate of drug-likeness (QED) is 0.634. The van der Waals surface area contributed by atoms with Crippen molar-refractivity contribution in [3.63, 3.8) is 0 Å². The van der Waals surface area contributed by atoms with Crippen molar-refractivity contribution in [2.24, 2.45) is 0 Å². The minimum absolute atomic E-state index is 0.0225. The average molecular weight is 494 g/mol. The number of carbonyl (C=O) groups is 3. The molecule has 2 aromatic rings. The van der Waals surface area contributed by atoms with Crippen molar-refractivity contribution < 1.29 is 37.4 Å². The van der Waals surface area contributed by atoms with Crippen LogP contribution >= 0.6 is 11.8 Å². The second kappa shape index (κ2) is 9.57. The number of hydrogen-bond acceptors (Lipinski definition) is 5. The molecule has 7 nitrogen and oxygen atoms in total. The van der Waals surface area contributed by atoms with Gasteiger partial charge in [0.25, 0.3) is 0 Å². The third kappa shape index (κ3) is 4.84. The van der Waals surface area contributed by atoms with Crippen molar-refractivity contribution in [1.29, 1.82) is 0 Å². The number of benzene rings is 2. The van der Waals surface area contributed by atoms with E-state index in [0.29, 0.717) is 0 Å². The Labute approximate surface area is 197 Å². The molecule has 1 aliphatic carbocycles. The molecule has 1 unspecified atom stereocenters. The smallest absolute Gasteiger partial charge is 0.409 e. The number of carboxylic acid groups (broad SMARTS) is 1. The molecule has 2 aromatic carbocycles. The summed E-state index contributed by atoms with van der Waals surface area (Å²) in [7, 11) is 0. The van der Waals surface area contributed by atoms with E-state index in [1.54, 1.807) is 5.32 Å². The fourth-order valence-corrected chi connectivity index (χ4v) is 5.39. The predicted molar refractivity (Wildman–Crippen MR) is 118 cm³/mol. The molecule has 2 atom stereocenters. The van der Waals surface area contributed by atoms with Gasteiger partial charge >= 0.3 is 18.2 Å². The van der Waals surface area contributed by atoms with Crippen LogP contribution in [0.15, 0.2) is 48.5 Å². The van der Waals surface area contributed by atoms with Gasteiger partial charge in [-0.05, 0) is 22.3 Å². The number of aliphatic carboxylic acids is 1. The zero-order valence-electron chi connectivity index (χ0n) is 17.7. The van der Waals surface area contributed by atoms with E-state index >= 15 is 0 Å². The summed E-state index contributed by atoms with van der Waals surface area (Å²) in [6.45, 7) is -0.178. The highest BCUT2D eigenvalue weighted by molar-refractivity contribution is 7.99. The standard InChI is InChI=1S/C23H21F3N2O5S/c24-23(25,26)19(9-20(29)28-12-34-11-18(28)21(30)31)27-22(32)33-10-17-15-7-3-1-5-13(15)14-6-2-4-8-16(14)17/h1-8,17-19H,9-12H2,(H,27,32)(H,30,31)/t18-,19?/m0/s1. The van der Waals surface area contributed by atoms with Crippen LogP contribution in [0.5, 0.6) is 0 Å². The molecule has 2 amide bonds. The molecule has 0 bridgehead atoms. The minimum atomic E-state index is -4.92. The molecular formula is C23H21F3N2O5S. The summed E-state index contributed by atoms with van der Waals surface area (Å²) < 4.78 is 45.8. The largest absolute Gasteiger partial charge is 0.480 e. The molecule has 2 N–H and O–H groups in total. The summed E-state index contributed by atoms with van der Waals surface area (Å²) in [4.78, 5) is 36.8. The molecule has 1 aliphatic heterocycles. The summed E-state index contributed by atoms with van der Waals surface area (Å²) in [5.41, 5.74) is 3.76. The maximum atomic E-state index is 13.6. The number of hydrogen-bond donors (Lipinski definition) is 2. The number of carboxylic acids is 1. The molecule has 4 rings (SSSR count). The van der Waals surface area contributed by atoms with Crippen molar-refractivity contribution in [2.75, 3.05) is 18.2 Å². The van der Waals surface area contributed by atoms with Crippen molar-refractivity contribution in [1.82, 2.24) is 10.2 Å². The van der Waals surface area contributed by atoms with Gasteiger partial charge in [-0.2, -0.15) is 13.2 Å². The van der Waals surface area contributed by atoms with Crippen LogP contribution in [0.3, 0.4) is 0 Å². The van der Waals surface area contributed by atoms with Gasteiger partial charge in [0.2, 0.25) is 5.91 Å². The summed E-state index contributed by atoms with van der Waals surface area (Å²) in [5.74, 6) is -2.55. The fraction of sp³-hybridized carbons (Fsp3) is 0.348. The van der Waals surface area contributed by atoms with Crippen LogP contribution < -0.4 is 5.32 Å².